The summed E-state index contributed by atoms with van der Waals surface area (Å²) in [5, 5.41) is 6.79. The van der Waals surface area contributed by atoms with Crippen LogP contribution in [-0.2, 0) is 16.4 Å². The van der Waals surface area contributed by atoms with Gasteiger partial charge in [-0.3, -0.25) is 9.69 Å². The third-order valence-corrected chi connectivity index (χ3v) is 6.44. The lowest BCUT2D eigenvalue weighted by atomic mass is 10.2. The Bertz CT molecular complexity index is 905. The molecule has 1 saturated heterocycles. The average molecular weight is 407 g/mol. The van der Waals surface area contributed by atoms with Crippen molar-refractivity contribution in [2.75, 3.05) is 37.7 Å². The molecule has 152 valence electrons. The fourth-order valence-corrected chi connectivity index (χ4v) is 4.31. The molecule has 3 rings (SSSR count). The SMILES string of the molecule is Cc1noc(C)c1COc1ccccc1C(=O)NCCN1CCS(=O)(=O)CC1. The first-order valence-electron chi connectivity index (χ1n) is 9.20. The van der Waals surface area contributed by atoms with Crippen LogP contribution >= 0.6 is 0 Å². The van der Waals surface area contributed by atoms with Crippen LogP contribution in [0.4, 0.5) is 0 Å². The van der Waals surface area contributed by atoms with Crippen LogP contribution in [0.15, 0.2) is 28.8 Å². The molecule has 9 heteroatoms. The molecule has 0 spiro atoms. The number of nitrogens with zero attached hydrogens (tertiary/aromatic N) is 2. The maximum atomic E-state index is 12.6. The minimum absolute atomic E-state index is 0.180. The largest absolute Gasteiger partial charge is 0.488 e. The van der Waals surface area contributed by atoms with Crippen molar-refractivity contribution in [1.82, 2.24) is 15.4 Å². The zero-order valence-corrected chi connectivity index (χ0v) is 16.9. The number of ether oxygens (including phenoxy) is 1. The van der Waals surface area contributed by atoms with Gasteiger partial charge in [0.25, 0.3) is 5.91 Å². The van der Waals surface area contributed by atoms with Crippen molar-refractivity contribution in [3.05, 3.63) is 46.8 Å². The standard InChI is InChI=1S/C19H25N3O5S/c1-14-17(15(2)27-21-14)13-26-18-6-4-3-5-16(18)19(23)20-7-8-22-9-11-28(24,25)12-10-22/h3-6H,7-13H2,1-2H3,(H,20,23). The fourth-order valence-electron chi connectivity index (χ4n) is 3.03. The van der Waals surface area contributed by atoms with Crippen molar-refractivity contribution in [1.29, 1.82) is 0 Å². The number of carbonyl (C=O) groups is 1. The number of hydrogen-bond donors (Lipinski definition) is 1. The molecule has 1 aliphatic heterocycles. The summed E-state index contributed by atoms with van der Waals surface area (Å²) in [5.41, 5.74) is 2.09. The van der Waals surface area contributed by atoms with Gasteiger partial charge in [-0.2, -0.15) is 0 Å². The number of aryl methyl sites for hydroxylation is 2. The van der Waals surface area contributed by atoms with E-state index in [0.29, 0.717) is 43.3 Å². The Labute approximate surface area is 164 Å². The molecule has 0 radical (unpaired) electrons. The topological polar surface area (TPSA) is 102 Å². The quantitative estimate of drug-likeness (QED) is 0.739. The molecule has 8 nitrogen and oxygen atoms in total. The molecule has 1 N–H and O–H groups in total. The van der Waals surface area contributed by atoms with Crippen molar-refractivity contribution < 1.29 is 22.5 Å². The van der Waals surface area contributed by atoms with Gasteiger partial charge in [0.1, 0.15) is 18.1 Å². The number of aromatic nitrogens is 1. The Morgan fingerprint density at radius 2 is 1.96 bits per heavy atom. The van der Waals surface area contributed by atoms with Gasteiger partial charge in [-0.15, -0.1) is 0 Å². The molecule has 1 amide bonds. The smallest absolute Gasteiger partial charge is 0.255 e. The van der Waals surface area contributed by atoms with Crippen LogP contribution in [0.2, 0.25) is 0 Å². The minimum Gasteiger partial charge on any atom is -0.488 e. The van der Waals surface area contributed by atoms with Gasteiger partial charge in [0.05, 0.1) is 28.3 Å². The van der Waals surface area contributed by atoms with Gasteiger partial charge < -0.3 is 14.6 Å². The van der Waals surface area contributed by atoms with E-state index < -0.39 is 9.84 Å². The summed E-state index contributed by atoms with van der Waals surface area (Å²) < 4.78 is 33.9. The predicted octanol–water partition coefficient (Wildman–Crippen LogP) is 1.33. The van der Waals surface area contributed by atoms with E-state index in [-0.39, 0.29) is 24.0 Å². The summed E-state index contributed by atoms with van der Waals surface area (Å²) in [7, 11) is -2.89. The Morgan fingerprint density at radius 3 is 2.64 bits per heavy atom. The second-order valence-corrected chi connectivity index (χ2v) is 9.14. The highest BCUT2D eigenvalue weighted by molar-refractivity contribution is 7.91. The van der Waals surface area contributed by atoms with Gasteiger partial charge in [0.15, 0.2) is 9.84 Å². The highest BCUT2D eigenvalue weighted by Gasteiger charge is 2.21. The van der Waals surface area contributed by atoms with E-state index >= 15 is 0 Å². The Balaban J connectivity index is 1.54. The maximum absolute atomic E-state index is 12.6. The first-order chi connectivity index (χ1) is 13.4. The van der Waals surface area contributed by atoms with Gasteiger partial charge in [0.2, 0.25) is 0 Å². The number of rotatable bonds is 7. The van der Waals surface area contributed by atoms with E-state index in [1.165, 1.54) is 0 Å². The molecular formula is C19H25N3O5S. The number of carbonyl (C=O) groups excluding carboxylic acids is 1. The second kappa shape index (κ2) is 8.74. The fraction of sp³-hybridized carbons (Fsp3) is 0.474. The molecule has 1 aromatic carbocycles. The van der Waals surface area contributed by atoms with E-state index in [9.17, 15) is 13.2 Å². The third kappa shape index (κ3) is 5.11. The monoisotopic (exact) mass is 407 g/mol. The van der Waals surface area contributed by atoms with Crippen LogP contribution in [0.3, 0.4) is 0 Å². The second-order valence-electron chi connectivity index (χ2n) is 6.84. The summed E-state index contributed by atoms with van der Waals surface area (Å²) in [5.74, 6) is 1.32. The number of sulfone groups is 1. The van der Waals surface area contributed by atoms with Gasteiger partial charge in [-0.25, -0.2) is 8.42 Å². The molecule has 0 saturated carbocycles. The van der Waals surface area contributed by atoms with E-state index in [4.69, 9.17) is 9.26 Å². The van der Waals surface area contributed by atoms with Crippen LogP contribution in [0.1, 0.15) is 27.4 Å². The summed E-state index contributed by atoms with van der Waals surface area (Å²) >= 11 is 0. The molecule has 0 aliphatic carbocycles. The lowest BCUT2D eigenvalue weighted by molar-refractivity contribution is 0.0944. The van der Waals surface area contributed by atoms with Crippen molar-refractivity contribution in [2.24, 2.45) is 0 Å². The maximum Gasteiger partial charge on any atom is 0.255 e. The molecule has 2 aromatic rings. The summed E-state index contributed by atoms with van der Waals surface area (Å²) in [6.07, 6.45) is 0. The average Bonchev–Trinajstić information content (AvgIpc) is 2.99. The van der Waals surface area contributed by atoms with Crippen LogP contribution in [0, 0.1) is 13.8 Å². The van der Waals surface area contributed by atoms with Crippen LogP contribution < -0.4 is 10.1 Å². The zero-order valence-electron chi connectivity index (χ0n) is 16.1. The Morgan fingerprint density at radius 1 is 1.25 bits per heavy atom. The molecule has 0 atom stereocenters. The Kier molecular flexibility index (Phi) is 6.35. The summed E-state index contributed by atoms with van der Waals surface area (Å²) in [6.45, 7) is 6.02. The molecule has 1 aliphatic rings. The summed E-state index contributed by atoms with van der Waals surface area (Å²) in [4.78, 5) is 14.6. The van der Waals surface area contributed by atoms with Crippen LogP contribution in [-0.4, -0.2) is 62.1 Å². The van der Waals surface area contributed by atoms with Gasteiger partial charge in [-0.05, 0) is 26.0 Å². The zero-order chi connectivity index (χ0) is 20.1. The van der Waals surface area contributed by atoms with Crippen molar-refractivity contribution >= 4 is 15.7 Å². The van der Waals surface area contributed by atoms with E-state index in [0.717, 1.165) is 11.3 Å². The van der Waals surface area contributed by atoms with Crippen LogP contribution in [0.25, 0.3) is 0 Å². The number of nitrogens with one attached hydrogen (secondary N) is 1. The number of hydrogen-bond acceptors (Lipinski definition) is 7. The first-order valence-corrected chi connectivity index (χ1v) is 11.0. The third-order valence-electron chi connectivity index (χ3n) is 4.84. The molecule has 0 unspecified atom stereocenters. The number of para-hydroxylation sites is 1. The predicted molar refractivity (Wildman–Crippen MR) is 104 cm³/mol. The van der Waals surface area contributed by atoms with Crippen molar-refractivity contribution in [2.45, 2.75) is 20.5 Å². The van der Waals surface area contributed by atoms with Gasteiger partial charge >= 0.3 is 0 Å². The van der Waals surface area contributed by atoms with Gasteiger partial charge in [0, 0.05) is 26.2 Å². The van der Waals surface area contributed by atoms with Crippen molar-refractivity contribution in [3.63, 3.8) is 0 Å². The van der Waals surface area contributed by atoms with E-state index in [2.05, 4.69) is 10.5 Å². The van der Waals surface area contributed by atoms with Gasteiger partial charge in [-0.1, -0.05) is 17.3 Å². The van der Waals surface area contributed by atoms with E-state index in [1.807, 2.05) is 24.8 Å². The number of amides is 1. The minimum atomic E-state index is -2.89. The number of benzene rings is 1. The lowest BCUT2D eigenvalue weighted by Crippen LogP contribution is -2.43. The molecule has 1 aromatic heterocycles. The van der Waals surface area contributed by atoms with E-state index in [1.54, 1.807) is 18.2 Å². The highest BCUT2D eigenvalue weighted by atomic mass is 32.2. The molecule has 1 fully saturated rings. The first kappa shape index (κ1) is 20.3. The lowest BCUT2D eigenvalue weighted by Gasteiger charge is -2.26. The molecule has 2 heterocycles. The summed E-state index contributed by atoms with van der Waals surface area (Å²) in [6, 6.07) is 7.06. The van der Waals surface area contributed by atoms with Crippen LogP contribution in [0.5, 0.6) is 5.75 Å². The Hall–Kier alpha value is -2.39. The molecule has 0 bridgehead atoms. The molecule has 28 heavy (non-hydrogen) atoms. The molecular weight excluding hydrogens is 382 g/mol. The highest BCUT2D eigenvalue weighted by Crippen LogP contribution is 2.21. The van der Waals surface area contributed by atoms with Crippen molar-refractivity contribution in [3.8, 4) is 5.75 Å². The normalized spacial score (nSPS) is 16.6.